The van der Waals surface area contributed by atoms with Crippen molar-refractivity contribution in [1.29, 1.82) is 0 Å². The molecule has 3 rings (SSSR count). The highest BCUT2D eigenvalue weighted by molar-refractivity contribution is 6.27. The van der Waals surface area contributed by atoms with Crippen LogP contribution in [-0.2, 0) is 16.1 Å². The summed E-state index contributed by atoms with van der Waals surface area (Å²) in [6.07, 6.45) is 6.72. The fourth-order valence-electron chi connectivity index (χ4n) is 4.18. The van der Waals surface area contributed by atoms with Crippen LogP contribution in [0, 0.1) is 0 Å². The average Bonchev–Trinajstić information content (AvgIpc) is 3.32. The summed E-state index contributed by atoms with van der Waals surface area (Å²) in [6, 6.07) is 8.02. The molecule has 0 spiro atoms. The van der Waals surface area contributed by atoms with Gasteiger partial charge in [0, 0.05) is 6.04 Å². The minimum Gasteiger partial charge on any atom is -0.493 e. The molecular formula is C25H33ClN2O5. The highest BCUT2D eigenvalue weighted by Crippen LogP contribution is 2.34. The molecule has 1 fully saturated rings. The molecule has 1 saturated carbocycles. The zero-order valence-electron chi connectivity index (χ0n) is 19.5. The average molecular weight is 477 g/mol. The van der Waals surface area contributed by atoms with E-state index in [1.807, 2.05) is 13.8 Å². The number of carbonyl (C=O) groups excluding carboxylic acids is 2. The number of alkyl halides is 1. The zero-order chi connectivity index (χ0) is 23.8. The van der Waals surface area contributed by atoms with Gasteiger partial charge in [0.05, 0.1) is 26.0 Å². The van der Waals surface area contributed by atoms with Crippen LogP contribution in [0.15, 0.2) is 41.0 Å². The van der Waals surface area contributed by atoms with Gasteiger partial charge in [-0.05, 0) is 56.5 Å². The standard InChI is InChI=1S/C25H33ClN2O5/c1-17(2)33-21-12-11-18(14-22(21)31-3)24(25(30)27-19-8-5-4-6-9-19)28(23(29)15-26)16-20-10-7-13-32-20/h7,10-14,17,19,24H,4-6,8-9,15-16H2,1-3H3,(H,27,30). The van der Waals surface area contributed by atoms with Crippen LogP contribution in [-0.4, -0.2) is 41.8 Å². The van der Waals surface area contributed by atoms with Crippen molar-refractivity contribution in [2.45, 2.75) is 70.7 Å². The van der Waals surface area contributed by atoms with Crippen LogP contribution in [0.3, 0.4) is 0 Å². The van der Waals surface area contributed by atoms with Crippen LogP contribution in [0.5, 0.6) is 11.5 Å². The quantitative estimate of drug-likeness (QED) is 0.496. The lowest BCUT2D eigenvalue weighted by molar-refractivity contribution is -0.140. The lowest BCUT2D eigenvalue weighted by Crippen LogP contribution is -2.47. The van der Waals surface area contributed by atoms with Crippen LogP contribution in [0.2, 0.25) is 0 Å². The number of benzene rings is 1. The van der Waals surface area contributed by atoms with E-state index in [-0.39, 0.29) is 36.4 Å². The van der Waals surface area contributed by atoms with E-state index in [0.29, 0.717) is 22.8 Å². The van der Waals surface area contributed by atoms with Gasteiger partial charge in [-0.25, -0.2) is 0 Å². The molecule has 2 aromatic rings. The Labute approximate surface area is 200 Å². The van der Waals surface area contributed by atoms with Crippen molar-refractivity contribution in [3.8, 4) is 11.5 Å². The number of ether oxygens (including phenoxy) is 2. The zero-order valence-corrected chi connectivity index (χ0v) is 20.3. The first kappa shape index (κ1) is 25.0. The summed E-state index contributed by atoms with van der Waals surface area (Å²) in [5.41, 5.74) is 0.612. The van der Waals surface area contributed by atoms with Crippen molar-refractivity contribution in [3.63, 3.8) is 0 Å². The van der Waals surface area contributed by atoms with Crippen molar-refractivity contribution < 1.29 is 23.5 Å². The first-order valence-corrected chi connectivity index (χ1v) is 12.0. The fraction of sp³-hybridized carbons (Fsp3) is 0.520. The van der Waals surface area contributed by atoms with Gasteiger partial charge in [-0.15, -0.1) is 11.6 Å². The predicted octanol–water partition coefficient (Wildman–Crippen LogP) is 4.83. The Bertz CT molecular complexity index is 910. The van der Waals surface area contributed by atoms with E-state index in [1.165, 1.54) is 17.6 Å². The minimum absolute atomic E-state index is 0.0385. The number of methoxy groups -OCH3 is 1. The van der Waals surface area contributed by atoms with Gasteiger partial charge in [-0.1, -0.05) is 25.3 Å². The first-order chi connectivity index (χ1) is 15.9. The van der Waals surface area contributed by atoms with E-state index >= 15 is 0 Å². The molecule has 1 aromatic heterocycles. The van der Waals surface area contributed by atoms with E-state index in [9.17, 15) is 9.59 Å². The van der Waals surface area contributed by atoms with Gasteiger partial charge in [-0.3, -0.25) is 9.59 Å². The highest BCUT2D eigenvalue weighted by Gasteiger charge is 2.34. The number of nitrogens with zero attached hydrogens (tertiary/aromatic N) is 1. The van der Waals surface area contributed by atoms with E-state index in [0.717, 1.165) is 25.7 Å². The van der Waals surface area contributed by atoms with Crippen molar-refractivity contribution in [3.05, 3.63) is 47.9 Å². The lowest BCUT2D eigenvalue weighted by atomic mass is 9.94. The maximum atomic E-state index is 13.6. The summed E-state index contributed by atoms with van der Waals surface area (Å²) in [4.78, 5) is 28.0. The molecule has 1 aromatic carbocycles. The molecule has 0 saturated heterocycles. The fourth-order valence-corrected chi connectivity index (χ4v) is 4.33. The third kappa shape index (κ3) is 6.67. The van der Waals surface area contributed by atoms with E-state index in [4.69, 9.17) is 25.5 Å². The van der Waals surface area contributed by atoms with Crippen LogP contribution < -0.4 is 14.8 Å². The number of hydrogen-bond donors (Lipinski definition) is 1. The molecule has 7 nitrogen and oxygen atoms in total. The Morgan fingerprint density at radius 1 is 1.18 bits per heavy atom. The highest BCUT2D eigenvalue weighted by atomic mass is 35.5. The van der Waals surface area contributed by atoms with Crippen LogP contribution in [0.1, 0.15) is 63.3 Å². The molecule has 180 valence electrons. The van der Waals surface area contributed by atoms with E-state index in [1.54, 1.807) is 37.4 Å². The Morgan fingerprint density at radius 2 is 1.94 bits per heavy atom. The van der Waals surface area contributed by atoms with Crippen LogP contribution in [0.25, 0.3) is 0 Å². The third-order valence-electron chi connectivity index (χ3n) is 5.72. The summed E-state index contributed by atoms with van der Waals surface area (Å²) < 4.78 is 16.8. The van der Waals surface area contributed by atoms with Gasteiger partial charge in [0.2, 0.25) is 11.8 Å². The van der Waals surface area contributed by atoms with Gasteiger partial charge in [0.15, 0.2) is 11.5 Å². The summed E-state index contributed by atoms with van der Waals surface area (Å²) in [7, 11) is 1.55. The van der Waals surface area contributed by atoms with E-state index in [2.05, 4.69) is 5.32 Å². The summed E-state index contributed by atoms with van der Waals surface area (Å²) in [5.74, 6) is 0.775. The lowest BCUT2D eigenvalue weighted by Gasteiger charge is -2.33. The van der Waals surface area contributed by atoms with Crippen molar-refractivity contribution in [2.24, 2.45) is 0 Å². The van der Waals surface area contributed by atoms with Gasteiger partial charge >= 0.3 is 0 Å². The molecule has 1 heterocycles. The second-order valence-corrected chi connectivity index (χ2v) is 8.82. The number of halogens is 1. The van der Waals surface area contributed by atoms with Crippen molar-refractivity contribution in [2.75, 3.05) is 13.0 Å². The summed E-state index contributed by atoms with van der Waals surface area (Å²) >= 11 is 5.96. The Morgan fingerprint density at radius 3 is 2.55 bits per heavy atom. The maximum absolute atomic E-state index is 13.6. The first-order valence-electron chi connectivity index (χ1n) is 11.5. The largest absolute Gasteiger partial charge is 0.493 e. The number of carbonyl (C=O) groups is 2. The third-order valence-corrected chi connectivity index (χ3v) is 5.95. The Hall–Kier alpha value is -2.67. The molecule has 1 N–H and O–H groups in total. The van der Waals surface area contributed by atoms with Crippen molar-refractivity contribution in [1.82, 2.24) is 10.2 Å². The van der Waals surface area contributed by atoms with Gasteiger partial charge in [-0.2, -0.15) is 0 Å². The normalized spacial score (nSPS) is 15.2. The van der Waals surface area contributed by atoms with Crippen LogP contribution in [0.4, 0.5) is 0 Å². The molecule has 8 heteroatoms. The smallest absolute Gasteiger partial charge is 0.247 e. The molecule has 1 aliphatic rings. The number of nitrogens with one attached hydrogen (secondary N) is 1. The van der Waals surface area contributed by atoms with Crippen molar-refractivity contribution >= 4 is 23.4 Å². The SMILES string of the molecule is COc1cc(C(C(=O)NC2CCCCC2)N(Cc2ccco2)C(=O)CCl)ccc1OC(C)C. The van der Waals surface area contributed by atoms with Gasteiger partial charge in [0.1, 0.15) is 17.7 Å². The monoisotopic (exact) mass is 476 g/mol. The molecule has 0 bridgehead atoms. The molecule has 1 unspecified atom stereocenters. The molecule has 1 atom stereocenters. The van der Waals surface area contributed by atoms with Crippen LogP contribution >= 0.6 is 11.6 Å². The summed E-state index contributed by atoms with van der Waals surface area (Å²) in [6.45, 7) is 3.98. The molecule has 1 aliphatic carbocycles. The van der Waals surface area contributed by atoms with E-state index < -0.39 is 6.04 Å². The van der Waals surface area contributed by atoms with Gasteiger partial charge in [0.25, 0.3) is 0 Å². The number of furan rings is 1. The topological polar surface area (TPSA) is 81.0 Å². The number of amides is 2. The second-order valence-electron chi connectivity index (χ2n) is 8.56. The molecule has 0 radical (unpaired) electrons. The number of rotatable bonds is 10. The maximum Gasteiger partial charge on any atom is 0.247 e. The molecule has 0 aliphatic heterocycles. The molecule has 2 amide bonds. The Kier molecular flexibility index (Phi) is 9.06. The summed E-state index contributed by atoms with van der Waals surface area (Å²) in [5, 5.41) is 3.16. The minimum atomic E-state index is -0.898. The predicted molar refractivity (Wildman–Crippen MR) is 126 cm³/mol. The molecular weight excluding hydrogens is 444 g/mol. The Balaban J connectivity index is 1.99. The number of hydrogen-bond acceptors (Lipinski definition) is 5. The molecule has 33 heavy (non-hydrogen) atoms. The van der Waals surface area contributed by atoms with Gasteiger partial charge < -0.3 is 24.1 Å². The second kappa shape index (κ2) is 12.0.